The summed E-state index contributed by atoms with van der Waals surface area (Å²) in [6.07, 6.45) is 5.78. The molecule has 1 unspecified atom stereocenters. The first-order valence-corrected chi connectivity index (χ1v) is 7.60. The number of halogens is 2. The Bertz CT molecular complexity index is 352. The molecule has 1 aromatic carbocycles. The van der Waals surface area contributed by atoms with Crippen molar-refractivity contribution in [3.05, 3.63) is 33.8 Å². The second-order valence-corrected chi connectivity index (χ2v) is 5.53. The molecule has 0 saturated heterocycles. The summed E-state index contributed by atoms with van der Waals surface area (Å²) in [6, 6.07) is 6.40. The van der Waals surface area contributed by atoms with Crippen LogP contribution in [0.15, 0.2) is 18.2 Å². The van der Waals surface area contributed by atoms with Crippen LogP contribution < -0.4 is 5.32 Å². The number of hydrogen-bond donors (Lipinski definition) is 1. The van der Waals surface area contributed by atoms with E-state index in [1.165, 1.54) is 24.8 Å². The van der Waals surface area contributed by atoms with Crippen LogP contribution in [0.25, 0.3) is 0 Å². The average molecular weight is 288 g/mol. The van der Waals surface area contributed by atoms with Gasteiger partial charge >= 0.3 is 0 Å². The molecule has 1 aromatic rings. The largest absolute Gasteiger partial charge is 0.314 e. The first-order valence-electron chi connectivity index (χ1n) is 6.84. The van der Waals surface area contributed by atoms with Crippen molar-refractivity contribution in [3.63, 3.8) is 0 Å². The molecule has 0 saturated carbocycles. The molecule has 0 aliphatic carbocycles. The van der Waals surface area contributed by atoms with E-state index < -0.39 is 0 Å². The highest BCUT2D eigenvalue weighted by Gasteiger charge is 2.06. The zero-order valence-electron chi connectivity index (χ0n) is 11.3. The van der Waals surface area contributed by atoms with E-state index in [1.54, 1.807) is 0 Å². The minimum atomic E-state index is 0.635. The minimum Gasteiger partial charge on any atom is -0.314 e. The molecule has 3 heteroatoms. The smallest absolute Gasteiger partial charge is 0.0452 e. The third-order valence-electron chi connectivity index (χ3n) is 3.19. The van der Waals surface area contributed by atoms with Crippen LogP contribution in [0.1, 0.15) is 45.1 Å². The molecule has 0 radical (unpaired) electrons. The lowest BCUT2D eigenvalue weighted by Gasteiger charge is -2.16. The highest BCUT2D eigenvalue weighted by Crippen LogP contribution is 2.22. The third-order valence-corrected chi connectivity index (χ3v) is 3.78. The molecule has 0 aromatic heterocycles. The second-order valence-electron chi connectivity index (χ2n) is 4.69. The van der Waals surface area contributed by atoms with Crippen molar-refractivity contribution in [2.24, 2.45) is 0 Å². The molecule has 0 spiro atoms. The maximum atomic E-state index is 6.16. The number of rotatable bonds is 8. The average Bonchev–Trinajstić information content (AvgIpc) is 2.36. The van der Waals surface area contributed by atoms with Gasteiger partial charge in [0.05, 0.1) is 0 Å². The summed E-state index contributed by atoms with van der Waals surface area (Å²) in [5.74, 6) is 0. The zero-order valence-corrected chi connectivity index (χ0v) is 12.8. The summed E-state index contributed by atoms with van der Waals surface area (Å²) >= 11 is 12.0. The molecule has 1 N–H and O–H groups in total. The molecule has 0 aliphatic rings. The minimum absolute atomic E-state index is 0.635. The molecular weight excluding hydrogens is 265 g/mol. The van der Waals surface area contributed by atoms with E-state index >= 15 is 0 Å². The molecule has 1 rings (SSSR count). The lowest BCUT2D eigenvalue weighted by molar-refractivity contribution is 0.456. The van der Waals surface area contributed by atoms with Crippen molar-refractivity contribution in [2.75, 3.05) is 6.54 Å². The predicted molar refractivity (Wildman–Crippen MR) is 81.8 cm³/mol. The summed E-state index contributed by atoms with van der Waals surface area (Å²) < 4.78 is 0. The monoisotopic (exact) mass is 287 g/mol. The summed E-state index contributed by atoms with van der Waals surface area (Å²) in [5, 5.41) is 5.07. The van der Waals surface area contributed by atoms with Crippen molar-refractivity contribution in [2.45, 2.75) is 52.0 Å². The van der Waals surface area contributed by atoms with E-state index in [2.05, 4.69) is 19.2 Å². The lowest BCUT2D eigenvalue weighted by Crippen LogP contribution is -2.29. The molecule has 18 heavy (non-hydrogen) atoms. The Labute approximate surface area is 121 Å². The predicted octanol–water partition coefficient (Wildman–Crippen LogP) is 5.09. The van der Waals surface area contributed by atoms with Crippen molar-refractivity contribution in [1.82, 2.24) is 5.32 Å². The van der Waals surface area contributed by atoms with Gasteiger partial charge in [0.25, 0.3) is 0 Å². The Kier molecular flexibility index (Phi) is 7.73. The van der Waals surface area contributed by atoms with E-state index in [9.17, 15) is 0 Å². The van der Waals surface area contributed by atoms with Crippen molar-refractivity contribution in [1.29, 1.82) is 0 Å². The van der Waals surface area contributed by atoms with Gasteiger partial charge in [-0.05, 0) is 56.3 Å². The Balaban J connectivity index is 2.35. The van der Waals surface area contributed by atoms with Crippen LogP contribution in [-0.4, -0.2) is 12.6 Å². The highest BCUT2D eigenvalue weighted by molar-refractivity contribution is 6.35. The van der Waals surface area contributed by atoms with E-state index in [0.717, 1.165) is 24.4 Å². The molecule has 0 aliphatic heterocycles. The first kappa shape index (κ1) is 15.8. The number of benzene rings is 1. The van der Waals surface area contributed by atoms with Gasteiger partial charge in [-0.15, -0.1) is 0 Å². The van der Waals surface area contributed by atoms with Crippen LogP contribution in [0.3, 0.4) is 0 Å². The topological polar surface area (TPSA) is 12.0 Å². The van der Waals surface area contributed by atoms with Gasteiger partial charge < -0.3 is 5.32 Å². The Morgan fingerprint density at radius 2 is 2.00 bits per heavy atom. The molecule has 0 heterocycles. The number of hydrogen-bond acceptors (Lipinski definition) is 1. The maximum absolute atomic E-state index is 6.16. The molecule has 1 atom stereocenters. The van der Waals surface area contributed by atoms with Crippen LogP contribution >= 0.6 is 23.2 Å². The van der Waals surface area contributed by atoms with Crippen LogP contribution in [-0.2, 0) is 6.42 Å². The summed E-state index contributed by atoms with van der Waals surface area (Å²) in [5.41, 5.74) is 1.20. The van der Waals surface area contributed by atoms with E-state index in [-0.39, 0.29) is 0 Å². The Morgan fingerprint density at radius 1 is 1.22 bits per heavy atom. The van der Waals surface area contributed by atoms with Crippen LogP contribution in [0, 0.1) is 0 Å². The number of nitrogens with one attached hydrogen (secondary N) is 1. The molecule has 0 bridgehead atoms. The lowest BCUT2D eigenvalue weighted by atomic mass is 10.0. The van der Waals surface area contributed by atoms with Gasteiger partial charge in [-0.2, -0.15) is 0 Å². The van der Waals surface area contributed by atoms with Gasteiger partial charge in [0.2, 0.25) is 0 Å². The fourth-order valence-electron chi connectivity index (χ4n) is 2.06. The van der Waals surface area contributed by atoms with Gasteiger partial charge in [-0.3, -0.25) is 0 Å². The molecule has 1 nitrogen and oxygen atoms in total. The first-order chi connectivity index (χ1) is 8.67. The van der Waals surface area contributed by atoms with Gasteiger partial charge in [0.15, 0.2) is 0 Å². The van der Waals surface area contributed by atoms with Crippen LogP contribution in [0.4, 0.5) is 0 Å². The van der Waals surface area contributed by atoms with Crippen molar-refractivity contribution >= 4 is 23.2 Å². The zero-order chi connectivity index (χ0) is 13.4. The van der Waals surface area contributed by atoms with E-state index in [1.807, 2.05) is 18.2 Å². The van der Waals surface area contributed by atoms with E-state index in [0.29, 0.717) is 11.1 Å². The van der Waals surface area contributed by atoms with Gasteiger partial charge in [-0.25, -0.2) is 0 Å². The van der Waals surface area contributed by atoms with Crippen molar-refractivity contribution < 1.29 is 0 Å². The van der Waals surface area contributed by atoms with Gasteiger partial charge in [0.1, 0.15) is 0 Å². The fraction of sp³-hybridized carbons (Fsp3) is 0.600. The normalized spacial score (nSPS) is 12.7. The quantitative estimate of drug-likeness (QED) is 0.702. The second kappa shape index (κ2) is 8.79. The number of aryl methyl sites for hydroxylation is 1. The Hall–Kier alpha value is -0.240. The van der Waals surface area contributed by atoms with E-state index in [4.69, 9.17) is 23.2 Å². The molecule has 102 valence electrons. The fourth-order valence-corrected chi connectivity index (χ4v) is 2.57. The summed E-state index contributed by atoms with van der Waals surface area (Å²) in [6.45, 7) is 5.55. The summed E-state index contributed by atoms with van der Waals surface area (Å²) in [4.78, 5) is 0. The maximum Gasteiger partial charge on any atom is 0.0452 e. The molecule has 0 fully saturated rings. The highest BCUT2D eigenvalue weighted by atomic mass is 35.5. The SMILES string of the molecule is CCCNC(CC)CCCc1ccc(Cl)cc1Cl. The molecule has 0 amide bonds. The summed E-state index contributed by atoms with van der Waals surface area (Å²) in [7, 11) is 0. The van der Waals surface area contributed by atoms with Crippen LogP contribution in [0.5, 0.6) is 0 Å². The standard InChI is InChI=1S/C15H23Cl2N/c1-3-10-18-14(4-2)7-5-6-12-8-9-13(16)11-15(12)17/h8-9,11,14,18H,3-7,10H2,1-2H3. The van der Waals surface area contributed by atoms with Gasteiger partial charge in [0, 0.05) is 16.1 Å². The Morgan fingerprint density at radius 3 is 2.61 bits per heavy atom. The van der Waals surface area contributed by atoms with Gasteiger partial charge in [-0.1, -0.05) is 43.1 Å². The molecular formula is C15H23Cl2N. The van der Waals surface area contributed by atoms with Crippen LogP contribution in [0.2, 0.25) is 10.0 Å². The van der Waals surface area contributed by atoms with Crippen molar-refractivity contribution in [3.8, 4) is 0 Å². The third kappa shape index (κ3) is 5.60.